The van der Waals surface area contributed by atoms with E-state index in [1.54, 1.807) is 37.3 Å². The zero-order valence-electron chi connectivity index (χ0n) is 17.5. The Kier molecular flexibility index (Phi) is 8.60. The number of carbonyl (C=O) groups is 1. The van der Waals surface area contributed by atoms with E-state index in [1.807, 2.05) is 39.6 Å². The molecule has 0 aliphatic heterocycles. The van der Waals surface area contributed by atoms with Crippen molar-refractivity contribution in [3.8, 4) is 0 Å². The monoisotopic (exact) mass is 398 g/mol. The van der Waals surface area contributed by atoms with Crippen LogP contribution in [0.5, 0.6) is 0 Å². The Bertz CT molecular complexity index is 704. The number of benzene rings is 1. The number of hydrogen-bond acceptors (Lipinski definition) is 5. The predicted octanol–water partition coefficient (Wildman–Crippen LogP) is 2.24. The quantitative estimate of drug-likeness (QED) is 0.654. The number of ketones is 1. The average Bonchev–Trinajstić information content (AvgIpc) is 2.61. The average molecular weight is 399 g/mol. The molecule has 0 fully saturated rings. The maximum absolute atomic E-state index is 12.7. The van der Waals surface area contributed by atoms with E-state index in [1.165, 1.54) is 11.4 Å². The van der Waals surface area contributed by atoms with Gasteiger partial charge in [-0.3, -0.25) is 9.69 Å². The molecule has 0 aliphatic carbocycles. The van der Waals surface area contributed by atoms with Gasteiger partial charge in [0.15, 0.2) is 5.78 Å². The fourth-order valence-corrected chi connectivity index (χ4v) is 4.26. The summed E-state index contributed by atoms with van der Waals surface area (Å²) in [6, 6.07) is 7.60. The second-order valence-electron chi connectivity index (χ2n) is 7.83. The Morgan fingerprint density at radius 3 is 2.00 bits per heavy atom. The fraction of sp³-hybridized carbons (Fsp3) is 0.650. The summed E-state index contributed by atoms with van der Waals surface area (Å²) in [4.78, 5) is 14.8. The minimum Gasteiger partial charge on any atom is -0.391 e. The minimum absolute atomic E-state index is 0.0425. The van der Waals surface area contributed by atoms with Crippen molar-refractivity contribution in [3.63, 3.8) is 0 Å². The van der Waals surface area contributed by atoms with Gasteiger partial charge in [-0.2, -0.15) is 0 Å². The van der Waals surface area contributed by atoms with Crippen LogP contribution in [0, 0.1) is 11.8 Å². The van der Waals surface area contributed by atoms with Gasteiger partial charge in [-0.1, -0.05) is 39.0 Å². The molecular weight excluding hydrogens is 364 g/mol. The van der Waals surface area contributed by atoms with Crippen LogP contribution in [0.1, 0.15) is 34.6 Å². The summed E-state index contributed by atoms with van der Waals surface area (Å²) < 4.78 is 26.7. The Labute approximate surface area is 164 Å². The first-order valence-corrected chi connectivity index (χ1v) is 10.8. The number of aliphatic hydroxyl groups is 1. The highest BCUT2D eigenvalue weighted by atomic mass is 32.2. The van der Waals surface area contributed by atoms with Crippen molar-refractivity contribution in [1.29, 1.82) is 0 Å². The Morgan fingerprint density at radius 1 is 1.04 bits per heavy atom. The van der Waals surface area contributed by atoms with Crippen LogP contribution in [-0.2, 0) is 14.8 Å². The van der Waals surface area contributed by atoms with E-state index in [0.717, 1.165) is 0 Å². The van der Waals surface area contributed by atoms with Gasteiger partial charge in [-0.25, -0.2) is 12.7 Å². The lowest BCUT2D eigenvalue weighted by atomic mass is 9.89. The highest BCUT2D eigenvalue weighted by molar-refractivity contribution is 7.89. The van der Waals surface area contributed by atoms with E-state index >= 15 is 0 Å². The van der Waals surface area contributed by atoms with Gasteiger partial charge in [0.25, 0.3) is 0 Å². The number of hydrogen-bond donors (Lipinski definition) is 1. The van der Waals surface area contributed by atoms with Gasteiger partial charge in [0.2, 0.25) is 10.0 Å². The lowest BCUT2D eigenvalue weighted by molar-refractivity contribution is -0.133. The molecule has 0 radical (unpaired) electrons. The summed E-state index contributed by atoms with van der Waals surface area (Å²) >= 11 is 0. The molecule has 0 aliphatic rings. The van der Waals surface area contributed by atoms with Crippen molar-refractivity contribution in [2.24, 2.45) is 11.8 Å². The van der Waals surface area contributed by atoms with Crippen LogP contribution in [0.3, 0.4) is 0 Å². The summed E-state index contributed by atoms with van der Waals surface area (Å²) in [7, 11) is -0.330. The summed E-state index contributed by atoms with van der Waals surface area (Å²) in [6.07, 6.45) is -0.972. The first-order chi connectivity index (χ1) is 12.4. The molecule has 6 nitrogen and oxygen atoms in total. The second kappa shape index (κ2) is 9.78. The van der Waals surface area contributed by atoms with E-state index in [-0.39, 0.29) is 29.2 Å². The molecule has 0 unspecified atom stereocenters. The van der Waals surface area contributed by atoms with E-state index in [2.05, 4.69) is 0 Å². The summed E-state index contributed by atoms with van der Waals surface area (Å²) in [5.41, 5.74) is 0. The van der Waals surface area contributed by atoms with Crippen LogP contribution in [0.25, 0.3) is 0 Å². The van der Waals surface area contributed by atoms with Crippen molar-refractivity contribution in [3.05, 3.63) is 30.3 Å². The van der Waals surface area contributed by atoms with Gasteiger partial charge in [0.05, 0.1) is 17.0 Å². The summed E-state index contributed by atoms with van der Waals surface area (Å²) in [5.74, 6) is -0.676. The lowest BCUT2D eigenvalue weighted by Crippen LogP contribution is -2.54. The first-order valence-electron chi connectivity index (χ1n) is 9.36. The largest absolute Gasteiger partial charge is 0.391 e. The van der Waals surface area contributed by atoms with E-state index in [9.17, 15) is 18.3 Å². The minimum atomic E-state index is -3.64. The smallest absolute Gasteiger partial charge is 0.242 e. The molecule has 154 valence electrons. The molecule has 1 rings (SSSR count). The first kappa shape index (κ1) is 23.8. The number of Topliss-reactive ketones (excluding diaryl/α,β-unsaturated/α-hetero) is 1. The van der Waals surface area contributed by atoms with Crippen LogP contribution >= 0.6 is 0 Å². The molecule has 0 heterocycles. The van der Waals surface area contributed by atoms with Gasteiger partial charge in [-0.15, -0.1) is 0 Å². The Morgan fingerprint density at radius 2 is 1.56 bits per heavy atom. The molecule has 1 aromatic rings. The van der Waals surface area contributed by atoms with Crippen LogP contribution in [0.2, 0.25) is 0 Å². The molecule has 0 saturated carbocycles. The number of sulfonamides is 1. The number of carbonyl (C=O) groups excluding carboxylic acids is 1. The van der Waals surface area contributed by atoms with Crippen molar-refractivity contribution in [2.45, 2.75) is 57.7 Å². The van der Waals surface area contributed by atoms with Crippen LogP contribution < -0.4 is 0 Å². The summed E-state index contributed by atoms with van der Waals surface area (Å²) in [5, 5.41) is 10.9. The van der Waals surface area contributed by atoms with Gasteiger partial charge >= 0.3 is 0 Å². The number of aliphatic hydroxyl groups excluding tert-OH is 1. The van der Waals surface area contributed by atoms with Crippen molar-refractivity contribution >= 4 is 15.8 Å². The molecule has 7 heteroatoms. The van der Waals surface area contributed by atoms with Crippen LogP contribution in [0.4, 0.5) is 0 Å². The number of likely N-dealkylation sites (N-methyl/N-ethyl adjacent to an activating group) is 1. The number of nitrogens with zero attached hydrogens (tertiary/aromatic N) is 2. The maximum atomic E-state index is 12.7. The Hall–Kier alpha value is -1.28. The molecule has 0 saturated heterocycles. The molecule has 3 atom stereocenters. The van der Waals surface area contributed by atoms with Crippen molar-refractivity contribution < 1.29 is 18.3 Å². The van der Waals surface area contributed by atoms with Crippen molar-refractivity contribution in [2.75, 3.05) is 20.6 Å². The highest BCUT2D eigenvalue weighted by Gasteiger charge is 2.37. The third-order valence-electron chi connectivity index (χ3n) is 5.02. The van der Waals surface area contributed by atoms with Gasteiger partial charge in [-0.05, 0) is 38.9 Å². The van der Waals surface area contributed by atoms with E-state index in [0.29, 0.717) is 0 Å². The van der Waals surface area contributed by atoms with E-state index in [4.69, 9.17) is 0 Å². The van der Waals surface area contributed by atoms with Gasteiger partial charge in [0, 0.05) is 25.6 Å². The van der Waals surface area contributed by atoms with Crippen LogP contribution in [0.15, 0.2) is 35.2 Å². The highest BCUT2D eigenvalue weighted by Crippen LogP contribution is 2.21. The Balaban J connectivity index is 3.01. The third-order valence-corrected chi connectivity index (χ3v) is 6.85. The molecule has 0 spiro atoms. The summed E-state index contributed by atoms with van der Waals surface area (Å²) in [6.45, 7) is 9.44. The fourth-order valence-electron chi connectivity index (χ4n) is 2.97. The third kappa shape index (κ3) is 5.85. The van der Waals surface area contributed by atoms with Crippen LogP contribution in [-0.4, -0.2) is 67.3 Å². The molecule has 0 amide bonds. The zero-order chi connectivity index (χ0) is 20.9. The molecule has 0 aromatic heterocycles. The topological polar surface area (TPSA) is 77.9 Å². The van der Waals surface area contributed by atoms with Gasteiger partial charge < -0.3 is 5.11 Å². The molecule has 27 heavy (non-hydrogen) atoms. The standard InChI is InChI=1S/C20H34N2O4S/c1-14(2)19(23)18(22(7)15(3)4)20(24)16(5)13-21(6)27(25,26)17-11-9-8-10-12-17/h8-12,14-16,18,20,24H,13H2,1-7H3/t16-,18-,20-/m1/s1. The number of rotatable bonds is 10. The zero-order valence-corrected chi connectivity index (χ0v) is 18.3. The SMILES string of the molecule is CC(C)C(=O)[C@H]([C@H](O)[C@H](C)CN(C)S(=O)(=O)c1ccccc1)N(C)C(C)C. The molecule has 1 aromatic carbocycles. The molecular formula is C20H34N2O4S. The van der Waals surface area contributed by atoms with Crippen molar-refractivity contribution in [1.82, 2.24) is 9.21 Å². The second-order valence-corrected chi connectivity index (χ2v) is 9.87. The normalized spacial score (nSPS) is 16.1. The molecule has 0 bridgehead atoms. The molecule has 1 N–H and O–H groups in total. The predicted molar refractivity (Wildman–Crippen MR) is 108 cm³/mol. The van der Waals surface area contributed by atoms with E-state index < -0.39 is 28.1 Å². The van der Waals surface area contributed by atoms with Gasteiger partial charge in [0.1, 0.15) is 0 Å². The lowest BCUT2D eigenvalue weighted by Gasteiger charge is -2.37. The maximum Gasteiger partial charge on any atom is 0.242 e.